The van der Waals surface area contributed by atoms with Crippen molar-refractivity contribution < 1.29 is 14.3 Å². The minimum Gasteiger partial charge on any atom is -0.481 e. The third kappa shape index (κ3) is 3.34. The van der Waals surface area contributed by atoms with E-state index in [2.05, 4.69) is 16.8 Å². The number of rotatable bonds is 1. The Morgan fingerprint density at radius 3 is 3.08 bits per heavy atom. The van der Waals surface area contributed by atoms with Gasteiger partial charge in [0.25, 0.3) is 0 Å². The molecule has 0 unspecified atom stereocenters. The van der Waals surface area contributed by atoms with Crippen LogP contribution in [0.4, 0.5) is 4.39 Å². The monoisotopic (exact) mass is 179 g/mol. The first-order valence-electron chi connectivity index (χ1n) is 3.50. The van der Waals surface area contributed by atoms with Gasteiger partial charge in [-0.05, 0) is 6.07 Å². The zero-order valence-electron chi connectivity index (χ0n) is 6.62. The number of hydrogen-bond donors (Lipinski definition) is 1. The Morgan fingerprint density at radius 1 is 1.69 bits per heavy atom. The molecule has 0 spiro atoms. The molecule has 0 amide bonds. The number of nitrogens with zero attached hydrogens (tertiary/aromatic N) is 1. The van der Waals surface area contributed by atoms with Gasteiger partial charge in [0.15, 0.2) is 0 Å². The highest BCUT2D eigenvalue weighted by Crippen LogP contribution is 1.97. The summed E-state index contributed by atoms with van der Waals surface area (Å²) in [5.41, 5.74) is 0.425. The van der Waals surface area contributed by atoms with Crippen molar-refractivity contribution in [2.45, 2.75) is 6.42 Å². The van der Waals surface area contributed by atoms with Gasteiger partial charge in [0.05, 0.1) is 0 Å². The van der Waals surface area contributed by atoms with E-state index in [1.54, 1.807) is 0 Å². The Labute approximate surface area is 74.2 Å². The molecule has 0 aromatic carbocycles. The van der Waals surface area contributed by atoms with Crippen molar-refractivity contribution in [2.24, 2.45) is 0 Å². The van der Waals surface area contributed by atoms with E-state index in [4.69, 9.17) is 5.11 Å². The molecule has 3 nitrogen and oxygen atoms in total. The quantitative estimate of drug-likeness (QED) is 0.517. The molecule has 0 fully saturated rings. The third-order valence-electron chi connectivity index (χ3n) is 1.20. The molecular weight excluding hydrogens is 173 g/mol. The molecule has 0 bridgehead atoms. The number of carbonyl (C=O) groups is 1. The Hall–Kier alpha value is -1.89. The predicted octanol–water partition coefficient (Wildman–Crippen LogP) is 1.05. The van der Waals surface area contributed by atoms with Crippen LogP contribution in [0.15, 0.2) is 18.3 Å². The number of hydrogen-bond acceptors (Lipinski definition) is 2. The predicted molar refractivity (Wildman–Crippen MR) is 43.3 cm³/mol. The maximum atomic E-state index is 12.5. The van der Waals surface area contributed by atoms with E-state index < -0.39 is 11.9 Å². The van der Waals surface area contributed by atoms with Gasteiger partial charge in [-0.25, -0.2) is 4.98 Å². The van der Waals surface area contributed by atoms with Gasteiger partial charge < -0.3 is 5.11 Å². The van der Waals surface area contributed by atoms with E-state index in [0.29, 0.717) is 5.56 Å². The number of aliphatic carboxylic acids is 1. The van der Waals surface area contributed by atoms with Gasteiger partial charge in [0.1, 0.15) is 6.42 Å². The fourth-order valence-electron chi connectivity index (χ4n) is 0.702. The van der Waals surface area contributed by atoms with Crippen LogP contribution in [0.5, 0.6) is 0 Å². The highest BCUT2D eigenvalue weighted by atomic mass is 19.1. The Bertz CT molecular complexity index is 379. The topological polar surface area (TPSA) is 50.2 Å². The SMILES string of the molecule is O=C(O)CC#Cc1ccnc(F)c1. The molecule has 13 heavy (non-hydrogen) atoms. The van der Waals surface area contributed by atoms with Gasteiger partial charge in [0, 0.05) is 17.8 Å². The number of halogens is 1. The normalized spacial score (nSPS) is 8.69. The first-order valence-corrected chi connectivity index (χ1v) is 3.50. The van der Waals surface area contributed by atoms with Gasteiger partial charge >= 0.3 is 5.97 Å². The van der Waals surface area contributed by atoms with Crippen molar-refractivity contribution in [1.82, 2.24) is 4.98 Å². The second-order valence-corrected chi connectivity index (χ2v) is 2.24. The molecule has 1 N–H and O–H groups in total. The maximum Gasteiger partial charge on any atom is 0.315 e. The lowest BCUT2D eigenvalue weighted by atomic mass is 10.2. The molecule has 0 saturated carbocycles. The summed E-state index contributed by atoms with van der Waals surface area (Å²) in [6.45, 7) is 0. The van der Waals surface area contributed by atoms with Crippen molar-refractivity contribution in [3.05, 3.63) is 29.8 Å². The lowest BCUT2D eigenvalue weighted by molar-refractivity contribution is -0.135. The molecule has 0 atom stereocenters. The van der Waals surface area contributed by atoms with Crippen LogP contribution in [-0.4, -0.2) is 16.1 Å². The first kappa shape index (κ1) is 9.20. The third-order valence-corrected chi connectivity index (χ3v) is 1.20. The molecule has 0 radical (unpaired) electrons. The first-order chi connectivity index (χ1) is 6.18. The minimum absolute atomic E-state index is 0.246. The van der Waals surface area contributed by atoms with Crippen LogP contribution in [-0.2, 0) is 4.79 Å². The van der Waals surface area contributed by atoms with Gasteiger partial charge in [-0.1, -0.05) is 11.8 Å². The number of pyridine rings is 1. The Kier molecular flexibility index (Phi) is 2.98. The zero-order valence-corrected chi connectivity index (χ0v) is 6.62. The summed E-state index contributed by atoms with van der Waals surface area (Å²) in [6, 6.07) is 2.66. The molecule has 1 aromatic rings. The van der Waals surface area contributed by atoms with Crippen LogP contribution in [0.2, 0.25) is 0 Å². The smallest absolute Gasteiger partial charge is 0.315 e. The molecule has 66 valence electrons. The highest BCUT2D eigenvalue weighted by Gasteiger charge is 1.92. The molecule has 0 aliphatic heterocycles. The van der Waals surface area contributed by atoms with Gasteiger partial charge in [-0.15, -0.1) is 0 Å². The molecule has 0 aliphatic rings. The zero-order chi connectivity index (χ0) is 9.68. The number of carboxylic acids is 1. The van der Waals surface area contributed by atoms with Crippen molar-refractivity contribution >= 4 is 5.97 Å². The van der Waals surface area contributed by atoms with Crippen LogP contribution in [0, 0.1) is 17.8 Å². The highest BCUT2D eigenvalue weighted by molar-refractivity contribution is 5.70. The fourth-order valence-corrected chi connectivity index (χ4v) is 0.702. The summed E-state index contributed by atoms with van der Waals surface area (Å²) >= 11 is 0. The number of carboxylic acid groups (broad SMARTS) is 1. The summed E-state index contributed by atoms with van der Waals surface area (Å²) in [6.07, 6.45) is 1.03. The van der Waals surface area contributed by atoms with Crippen LogP contribution in [0.3, 0.4) is 0 Å². The van der Waals surface area contributed by atoms with Gasteiger partial charge in [-0.3, -0.25) is 4.79 Å². The van der Waals surface area contributed by atoms with E-state index in [9.17, 15) is 9.18 Å². The Morgan fingerprint density at radius 2 is 2.46 bits per heavy atom. The largest absolute Gasteiger partial charge is 0.481 e. The molecule has 1 aromatic heterocycles. The summed E-state index contributed by atoms with van der Waals surface area (Å²) in [5.74, 6) is 3.27. The van der Waals surface area contributed by atoms with E-state index in [1.165, 1.54) is 12.3 Å². The Balaban J connectivity index is 2.72. The van der Waals surface area contributed by atoms with E-state index in [1.807, 2.05) is 0 Å². The van der Waals surface area contributed by atoms with E-state index in [-0.39, 0.29) is 6.42 Å². The summed E-state index contributed by atoms with van der Waals surface area (Å²) in [5, 5.41) is 8.26. The lowest BCUT2D eigenvalue weighted by Crippen LogP contribution is -1.90. The molecule has 0 aliphatic carbocycles. The van der Waals surface area contributed by atoms with Crippen LogP contribution >= 0.6 is 0 Å². The van der Waals surface area contributed by atoms with E-state index >= 15 is 0 Å². The summed E-state index contributed by atoms with van der Waals surface area (Å²) in [7, 11) is 0. The molecular formula is C9H6FNO2. The van der Waals surface area contributed by atoms with Crippen molar-refractivity contribution in [2.75, 3.05) is 0 Å². The van der Waals surface area contributed by atoms with Crippen molar-refractivity contribution in [3.63, 3.8) is 0 Å². The van der Waals surface area contributed by atoms with Gasteiger partial charge in [-0.2, -0.15) is 4.39 Å². The van der Waals surface area contributed by atoms with Crippen LogP contribution < -0.4 is 0 Å². The van der Waals surface area contributed by atoms with Crippen LogP contribution in [0.25, 0.3) is 0 Å². The second-order valence-electron chi connectivity index (χ2n) is 2.24. The van der Waals surface area contributed by atoms with E-state index in [0.717, 1.165) is 6.07 Å². The number of aromatic nitrogens is 1. The summed E-state index contributed by atoms with van der Waals surface area (Å²) < 4.78 is 12.5. The molecule has 1 heterocycles. The molecule has 0 saturated heterocycles. The standard InChI is InChI=1S/C9H6FNO2/c10-8-6-7(4-5-11-8)2-1-3-9(12)13/h4-6H,3H2,(H,12,13). The maximum absolute atomic E-state index is 12.5. The minimum atomic E-state index is -0.998. The van der Waals surface area contributed by atoms with Crippen molar-refractivity contribution in [3.8, 4) is 11.8 Å². The fraction of sp³-hybridized carbons (Fsp3) is 0.111. The molecule has 4 heteroatoms. The second kappa shape index (κ2) is 4.21. The van der Waals surface area contributed by atoms with Gasteiger partial charge in [0.2, 0.25) is 5.95 Å². The van der Waals surface area contributed by atoms with Crippen LogP contribution in [0.1, 0.15) is 12.0 Å². The average molecular weight is 179 g/mol. The van der Waals surface area contributed by atoms with Crippen molar-refractivity contribution in [1.29, 1.82) is 0 Å². The molecule has 1 rings (SSSR count). The average Bonchev–Trinajstić information content (AvgIpc) is 2.03. The summed E-state index contributed by atoms with van der Waals surface area (Å²) in [4.78, 5) is 13.4. The lowest BCUT2D eigenvalue weighted by Gasteiger charge is -1.88.